The summed E-state index contributed by atoms with van der Waals surface area (Å²) in [6.45, 7) is 0. The highest BCUT2D eigenvalue weighted by molar-refractivity contribution is 7.78. The van der Waals surface area contributed by atoms with Gasteiger partial charge in [-0.05, 0) is 0 Å². The van der Waals surface area contributed by atoms with E-state index in [-0.39, 0.29) is 5.96 Å². The molecule has 0 aromatic carbocycles. The average Bonchev–Trinajstić information content (AvgIpc) is 1.83. The van der Waals surface area contributed by atoms with Crippen LogP contribution in [-0.4, -0.2) is 11.5 Å². The SMILES string of the molecule is NN=C(N)N=NC=S. The molecule has 4 N–H and O–H groups in total. The summed E-state index contributed by atoms with van der Waals surface area (Å²) >= 11 is 4.28. The van der Waals surface area contributed by atoms with Crippen LogP contribution in [-0.2, 0) is 0 Å². The van der Waals surface area contributed by atoms with Crippen molar-refractivity contribution in [2.24, 2.45) is 26.9 Å². The van der Waals surface area contributed by atoms with Crippen molar-refractivity contribution in [2.45, 2.75) is 0 Å². The first-order valence-electron chi connectivity index (χ1n) is 1.69. The minimum Gasteiger partial charge on any atom is -0.365 e. The van der Waals surface area contributed by atoms with E-state index in [0.29, 0.717) is 0 Å². The molecule has 8 heavy (non-hydrogen) atoms. The third-order valence-electron chi connectivity index (χ3n) is 0.340. The fourth-order valence-corrected chi connectivity index (χ4v) is 0.156. The van der Waals surface area contributed by atoms with E-state index in [2.05, 4.69) is 33.4 Å². The largest absolute Gasteiger partial charge is 0.365 e. The molecule has 0 aliphatic heterocycles. The maximum Gasteiger partial charge on any atom is 0.256 e. The van der Waals surface area contributed by atoms with Gasteiger partial charge in [0.05, 0.1) is 0 Å². The number of hydrogen-bond donors (Lipinski definition) is 2. The molecule has 0 atom stereocenters. The predicted octanol–water partition coefficient (Wildman–Crippen LogP) is -0.416. The summed E-state index contributed by atoms with van der Waals surface area (Å²) < 4.78 is 0. The van der Waals surface area contributed by atoms with Gasteiger partial charge in [-0.1, -0.05) is 12.2 Å². The monoisotopic (exact) mass is 131 g/mol. The van der Waals surface area contributed by atoms with Gasteiger partial charge in [0.1, 0.15) is 5.49 Å². The fourth-order valence-electron chi connectivity index (χ4n) is 0.109. The van der Waals surface area contributed by atoms with Crippen molar-refractivity contribution in [2.75, 3.05) is 0 Å². The molecule has 0 heterocycles. The molecule has 0 fully saturated rings. The maximum atomic E-state index is 4.96. The smallest absolute Gasteiger partial charge is 0.256 e. The number of guanidine groups is 1. The molecule has 0 amide bonds. The normalized spacial score (nSPS) is 12.2. The van der Waals surface area contributed by atoms with Crippen LogP contribution in [0.5, 0.6) is 0 Å². The van der Waals surface area contributed by atoms with Crippen LogP contribution in [0.15, 0.2) is 15.3 Å². The minimum absolute atomic E-state index is 0.0916. The highest BCUT2D eigenvalue weighted by Crippen LogP contribution is 1.68. The van der Waals surface area contributed by atoms with Crippen molar-refractivity contribution in [3.8, 4) is 0 Å². The van der Waals surface area contributed by atoms with Crippen LogP contribution in [0.3, 0.4) is 0 Å². The number of hydrogen-bond acceptors (Lipinski definition) is 3. The topological polar surface area (TPSA) is 89.1 Å². The van der Waals surface area contributed by atoms with Gasteiger partial charge >= 0.3 is 0 Å². The van der Waals surface area contributed by atoms with E-state index in [1.165, 1.54) is 0 Å². The Hall–Kier alpha value is -1.04. The molecule has 0 spiro atoms. The van der Waals surface area contributed by atoms with Crippen LogP contribution >= 0.6 is 12.2 Å². The van der Waals surface area contributed by atoms with Gasteiger partial charge in [-0.2, -0.15) is 0 Å². The van der Waals surface area contributed by atoms with E-state index in [0.717, 1.165) is 5.49 Å². The standard InChI is InChI=1S/C2H5N5S/c3-2(6-4)7-5-1-8/h1H,4H2,(H2,3,6). The Morgan fingerprint density at radius 2 is 2.25 bits per heavy atom. The minimum atomic E-state index is -0.0916. The number of nitrogens with two attached hydrogens (primary N) is 2. The molecule has 44 valence electrons. The van der Waals surface area contributed by atoms with Crippen molar-refractivity contribution in [3.63, 3.8) is 0 Å². The Kier molecular flexibility index (Phi) is 3.59. The van der Waals surface area contributed by atoms with Crippen LogP contribution in [0, 0.1) is 0 Å². The zero-order valence-corrected chi connectivity index (χ0v) is 4.80. The molecule has 0 aromatic heterocycles. The van der Waals surface area contributed by atoms with Gasteiger partial charge in [-0.15, -0.1) is 15.3 Å². The Morgan fingerprint density at radius 1 is 1.62 bits per heavy atom. The second kappa shape index (κ2) is 4.13. The lowest BCUT2D eigenvalue weighted by Gasteiger charge is -1.79. The zero-order chi connectivity index (χ0) is 6.41. The first kappa shape index (κ1) is 6.96. The van der Waals surface area contributed by atoms with Gasteiger partial charge in [-0.3, -0.25) is 0 Å². The highest BCUT2D eigenvalue weighted by atomic mass is 32.1. The molecule has 0 saturated heterocycles. The number of nitrogens with zero attached hydrogens (tertiary/aromatic N) is 3. The molecular formula is C2H5N5S. The van der Waals surface area contributed by atoms with Crippen LogP contribution < -0.4 is 11.6 Å². The summed E-state index contributed by atoms with van der Waals surface area (Å²) in [6.07, 6.45) is 0. The summed E-state index contributed by atoms with van der Waals surface area (Å²) in [4.78, 5) is 0. The molecule has 0 aliphatic rings. The molecule has 0 bridgehead atoms. The summed E-state index contributed by atoms with van der Waals surface area (Å²) in [7, 11) is 0. The maximum absolute atomic E-state index is 4.96. The average molecular weight is 131 g/mol. The predicted molar refractivity (Wildman–Crippen MR) is 34.3 cm³/mol. The summed E-state index contributed by atoms with van der Waals surface area (Å²) in [5.41, 5.74) is 6.02. The molecule has 5 nitrogen and oxygen atoms in total. The molecular weight excluding hydrogens is 126 g/mol. The van der Waals surface area contributed by atoms with Crippen molar-refractivity contribution in [1.82, 2.24) is 0 Å². The second-order valence-electron chi connectivity index (χ2n) is 0.808. The Labute approximate surface area is 51.5 Å². The highest BCUT2D eigenvalue weighted by Gasteiger charge is 1.77. The first-order valence-corrected chi connectivity index (χ1v) is 2.16. The third kappa shape index (κ3) is 3.16. The summed E-state index contributed by atoms with van der Waals surface area (Å²) in [5, 5.41) is 9.44. The van der Waals surface area contributed by atoms with E-state index in [1.807, 2.05) is 0 Å². The Bertz CT molecular complexity index is 126. The first-order chi connectivity index (χ1) is 3.81. The van der Waals surface area contributed by atoms with Gasteiger partial charge in [0.2, 0.25) is 0 Å². The van der Waals surface area contributed by atoms with E-state index < -0.39 is 0 Å². The van der Waals surface area contributed by atoms with Gasteiger partial charge in [0, 0.05) is 0 Å². The molecule has 0 unspecified atom stereocenters. The molecule has 0 aromatic rings. The number of azo groups is 1. The van der Waals surface area contributed by atoms with E-state index in [9.17, 15) is 0 Å². The van der Waals surface area contributed by atoms with E-state index in [1.54, 1.807) is 0 Å². The van der Waals surface area contributed by atoms with Crippen molar-refractivity contribution in [1.29, 1.82) is 0 Å². The van der Waals surface area contributed by atoms with E-state index in [4.69, 9.17) is 5.73 Å². The third-order valence-corrected chi connectivity index (χ3v) is 0.434. The van der Waals surface area contributed by atoms with Crippen molar-refractivity contribution in [3.05, 3.63) is 0 Å². The zero-order valence-electron chi connectivity index (χ0n) is 3.98. The number of rotatable bonds is 1. The van der Waals surface area contributed by atoms with Crippen LogP contribution in [0.1, 0.15) is 0 Å². The van der Waals surface area contributed by atoms with Gasteiger partial charge < -0.3 is 11.6 Å². The van der Waals surface area contributed by atoms with Crippen molar-refractivity contribution >= 4 is 23.7 Å². The molecule has 6 heteroatoms. The summed E-state index contributed by atoms with van der Waals surface area (Å²) in [5.74, 6) is 4.58. The van der Waals surface area contributed by atoms with E-state index >= 15 is 0 Å². The van der Waals surface area contributed by atoms with Crippen LogP contribution in [0.2, 0.25) is 0 Å². The van der Waals surface area contributed by atoms with Crippen LogP contribution in [0.4, 0.5) is 0 Å². The van der Waals surface area contributed by atoms with Crippen molar-refractivity contribution < 1.29 is 0 Å². The van der Waals surface area contributed by atoms with Gasteiger partial charge in [-0.25, -0.2) is 0 Å². The molecule has 0 aliphatic carbocycles. The molecule has 0 rings (SSSR count). The number of thiocarbonyl (C=S) groups is 1. The Morgan fingerprint density at radius 3 is 2.62 bits per heavy atom. The van der Waals surface area contributed by atoms with Crippen LogP contribution in [0.25, 0.3) is 0 Å². The quantitative estimate of drug-likeness (QED) is 0.126. The lowest BCUT2D eigenvalue weighted by atomic mass is 11.1. The fraction of sp³-hybridized carbons (Fsp3) is 0. The van der Waals surface area contributed by atoms with Gasteiger partial charge in [0.15, 0.2) is 0 Å². The lowest BCUT2D eigenvalue weighted by molar-refractivity contribution is 1.18. The molecule has 0 saturated carbocycles. The van der Waals surface area contributed by atoms with Gasteiger partial charge in [0.25, 0.3) is 5.96 Å². The molecule has 0 radical (unpaired) electrons. The summed E-state index contributed by atoms with van der Waals surface area (Å²) in [6, 6.07) is 0. The second-order valence-corrected chi connectivity index (χ2v) is 1.02. The Balaban J connectivity index is 3.69. The lowest BCUT2D eigenvalue weighted by Crippen LogP contribution is -2.09. The number of hydrazone groups is 1.